The Labute approximate surface area is 88.9 Å². The van der Waals surface area contributed by atoms with Gasteiger partial charge in [0.25, 0.3) is 0 Å². The third-order valence-corrected chi connectivity index (χ3v) is 2.28. The van der Waals surface area contributed by atoms with Crippen LogP contribution < -0.4 is 10.5 Å². The lowest BCUT2D eigenvalue weighted by molar-refractivity contribution is 0.230. The van der Waals surface area contributed by atoms with Crippen LogP contribution in [0.25, 0.3) is 10.8 Å². The van der Waals surface area contributed by atoms with E-state index in [1.807, 2.05) is 37.4 Å². The molecule has 0 aliphatic rings. The Morgan fingerprint density at radius 1 is 1.33 bits per heavy atom. The van der Waals surface area contributed by atoms with Gasteiger partial charge in [0.2, 0.25) is 0 Å². The highest BCUT2D eigenvalue weighted by Gasteiger charge is 2.01. The van der Waals surface area contributed by atoms with Crippen LogP contribution in [0.5, 0.6) is 5.75 Å². The van der Waals surface area contributed by atoms with Crippen LogP contribution in [-0.4, -0.2) is 17.6 Å². The first kappa shape index (κ1) is 9.93. The molecule has 0 aliphatic heterocycles. The van der Waals surface area contributed by atoms with Crippen molar-refractivity contribution in [3.63, 3.8) is 0 Å². The molecule has 0 saturated heterocycles. The number of hydrogen-bond donors (Lipinski definition) is 1. The topological polar surface area (TPSA) is 48.1 Å². The van der Waals surface area contributed by atoms with E-state index in [0.29, 0.717) is 6.54 Å². The first-order valence-corrected chi connectivity index (χ1v) is 5.00. The minimum atomic E-state index is 0.0456. The van der Waals surface area contributed by atoms with Gasteiger partial charge < -0.3 is 10.5 Å². The highest BCUT2D eigenvalue weighted by atomic mass is 16.5. The highest BCUT2D eigenvalue weighted by molar-refractivity contribution is 5.82. The van der Waals surface area contributed by atoms with Gasteiger partial charge in [-0.3, -0.25) is 4.98 Å². The van der Waals surface area contributed by atoms with Gasteiger partial charge in [-0.2, -0.15) is 0 Å². The zero-order valence-corrected chi connectivity index (χ0v) is 8.68. The van der Waals surface area contributed by atoms with Crippen molar-refractivity contribution in [1.29, 1.82) is 0 Å². The molecule has 0 amide bonds. The molecule has 1 aromatic carbocycles. The van der Waals surface area contributed by atoms with E-state index in [4.69, 9.17) is 10.5 Å². The molecule has 0 spiro atoms. The zero-order valence-electron chi connectivity index (χ0n) is 8.68. The van der Waals surface area contributed by atoms with E-state index in [1.165, 1.54) is 0 Å². The lowest BCUT2D eigenvalue weighted by atomic mass is 10.2. The zero-order chi connectivity index (χ0) is 10.7. The molecule has 0 bridgehead atoms. The second-order valence-electron chi connectivity index (χ2n) is 3.55. The van der Waals surface area contributed by atoms with Crippen LogP contribution in [0.2, 0.25) is 0 Å². The fourth-order valence-corrected chi connectivity index (χ4v) is 1.42. The Hall–Kier alpha value is -1.61. The Bertz CT molecular complexity index is 456. The van der Waals surface area contributed by atoms with Crippen molar-refractivity contribution in [3.8, 4) is 5.75 Å². The van der Waals surface area contributed by atoms with Gasteiger partial charge in [-0.25, -0.2) is 0 Å². The average molecular weight is 202 g/mol. The van der Waals surface area contributed by atoms with Crippen molar-refractivity contribution in [3.05, 3.63) is 36.7 Å². The molecule has 0 aliphatic carbocycles. The quantitative estimate of drug-likeness (QED) is 0.827. The van der Waals surface area contributed by atoms with Crippen molar-refractivity contribution in [1.82, 2.24) is 4.98 Å². The second-order valence-corrected chi connectivity index (χ2v) is 3.55. The number of pyridine rings is 1. The molecule has 2 rings (SSSR count). The standard InChI is InChI=1S/C12H14N2O/c1-9(7-13)15-12-3-2-11-8-14-5-4-10(11)6-12/h2-6,8-9H,7,13H2,1H3. The van der Waals surface area contributed by atoms with Gasteiger partial charge in [-0.05, 0) is 36.6 Å². The van der Waals surface area contributed by atoms with E-state index in [-0.39, 0.29) is 6.10 Å². The summed E-state index contributed by atoms with van der Waals surface area (Å²) < 4.78 is 5.63. The number of hydrogen-bond acceptors (Lipinski definition) is 3. The molecule has 1 unspecified atom stereocenters. The van der Waals surface area contributed by atoms with Crippen molar-refractivity contribution in [2.24, 2.45) is 5.73 Å². The number of fused-ring (bicyclic) bond motifs is 1. The van der Waals surface area contributed by atoms with E-state index in [1.54, 1.807) is 6.20 Å². The van der Waals surface area contributed by atoms with Crippen molar-refractivity contribution in [2.75, 3.05) is 6.54 Å². The van der Waals surface area contributed by atoms with Crippen LogP contribution in [-0.2, 0) is 0 Å². The molecule has 2 N–H and O–H groups in total. The van der Waals surface area contributed by atoms with Gasteiger partial charge in [0.05, 0.1) is 0 Å². The summed E-state index contributed by atoms with van der Waals surface area (Å²) in [7, 11) is 0. The van der Waals surface area contributed by atoms with E-state index >= 15 is 0 Å². The van der Waals surface area contributed by atoms with Gasteiger partial charge in [-0.1, -0.05) is 0 Å². The molecule has 15 heavy (non-hydrogen) atoms. The number of nitrogens with zero attached hydrogens (tertiary/aromatic N) is 1. The maximum Gasteiger partial charge on any atom is 0.120 e. The van der Waals surface area contributed by atoms with Gasteiger partial charge >= 0.3 is 0 Å². The minimum absolute atomic E-state index is 0.0456. The lowest BCUT2D eigenvalue weighted by Crippen LogP contribution is -2.22. The van der Waals surface area contributed by atoms with Crippen LogP contribution in [0, 0.1) is 0 Å². The molecule has 3 nitrogen and oxygen atoms in total. The van der Waals surface area contributed by atoms with Crippen LogP contribution in [0.15, 0.2) is 36.7 Å². The van der Waals surface area contributed by atoms with Gasteiger partial charge in [0.15, 0.2) is 0 Å². The normalized spacial score (nSPS) is 12.7. The number of nitrogens with two attached hydrogens (primary N) is 1. The molecular formula is C12H14N2O. The van der Waals surface area contributed by atoms with E-state index in [9.17, 15) is 0 Å². The van der Waals surface area contributed by atoms with Crippen molar-refractivity contribution >= 4 is 10.8 Å². The van der Waals surface area contributed by atoms with Crippen LogP contribution >= 0.6 is 0 Å². The number of rotatable bonds is 3. The highest BCUT2D eigenvalue weighted by Crippen LogP contribution is 2.20. The smallest absolute Gasteiger partial charge is 0.120 e. The van der Waals surface area contributed by atoms with E-state index < -0.39 is 0 Å². The van der Waals surface area contributed by atoms with Crippen LogP contribution in [0.1, 0.15) is 6.92 Å². The van der Waals surface area contributed by atoms with Crippen molar-refractivity contribution in [2.45, 2.75) is 13.0 Å². The Kier molecular flexibility index (Phi) is 2.83. The molecule has 3 heteroatoms. The lowest BCUT2D eigenvalue weighted by Gasteiger charge is -2.12. The maximum absolute atomic E-state index is 5.63. The van der Waals surface area contributed by atoms with Gasteiger partial charge in [0, 0.05) is 24.3 Å². The summed E-state index contributed by atoms with van der Waals surface area (Å²) in [5.41, 5.74) is 5.50. The summed E-state index contributed by atoms with van der Waals surface area (Å²) in [4.78, 5) is 4.06. The second kappa shape index (κ2) is 4.28. The third-order valence-electron chi connectivity index (χ3n) is 2.28. The summed E-state index contributed by atoms with van der Waals surface area (Å²) >= 11 is 0. The summed E-state index contributed by atoms with van der Waals surface area (Å²) in [5.74, 6) is 0.853. The molecule has 0 saturated carbocycles. The van der Waals surface area contributed by atoms with Crippen LogP contribution in [0.4, 0.5) is 0 Å². The first-order valence-electron chi connectivity index (χ1n) is 5.00. The largest absolute Gasteiger partial charge is 0.489 e. The molecule has 78 valence electrons. The summed E-state index contributed by atoms with van der Waals surface area (Å²) in [6.07, 6.45) is 3.66. The van der Waals surface area contributed by atoms with Crippen molar-refractivity contribution < 1.29 is 4.74 Å². The Balaban J connectivity index is 2.30. The Morgan fingerprint density at radius 3 is 3.00 bits per heavy atom. The average Bonchev–Trinajstić information content (AvgIpc) is 2.29. The molecule has 0 fully saturated rings. The fraction of sp³-hybridized carbons (Fsp3) is 0.250. The summed E-state index contributed by atoms with van der Waals surface area (Å²) in [6, 6.07) is 7.91. The fourth-order valence-electron chi connectivity index (χ4n) is 1.42. The van der Waals surface area contributed by atoms with E-state index in [0.717, 1.165) is 16.5 Å². The predicted octanol–water partition coefficient (Wildman–Crippen LogP) is 1.96. The van der Waals surface area contributed by atoms with Gasteiger partial charge in [-0.15, -0.1) is 0 Å². The predicted molar refractivity (Wildman–Crippen MR) is 60.9 cm³/mol. The SMILES string of the molecule is CC(CN)Oc1ccc2cnccc2c1. The molecule has 1 aromatic heterocycles. The molecular weight excluding hydrogens is 188 g/mol. The summed E-state index contributed by atoms with van der Waals surface area (Å²) in [6.45, 7) is 2.48. The Morgan fingerprint density at radius 2 is 2.20 bits per heavy atom. The number of aromatic nitrogens is 1. The molecule has 1 heterocycles. The molecule has 1 atom stereocenters. The molecule has 0 radical (unpaired) electrons. The third kappa shape index (κ3) is 2.25. The van der Waals surface area contributed by atoms with E-state index in [2.05, 4.69) is 4.98 Å². The monoisotopic (exact) mass is 202 g/mol. The minimum Gasteiger partial charge on any atom is -0.489 e. The molecule has 2 aromatic rings. The maximum atomic E-state index is 5.63. The summed E-state index contributed by atoms with van der Waals surface area (Å²) in [5, 5.41) is 2.25. The van der Waals surface area contributed by atoms with Gasteiger partial charge in [0.1, 0.15) is 11.9 Å². The number of ether oxygens (including phenoxy) is 1. The first-order chi connectivity index (χ1) is 7.29. The van der Waals surface area contributed by atoms with Crippen LogP contribution in [0.3, 0.4) is 0 Å². The number of benzene rings is 1.